The molecule has 162 valence electrons. The van der Waals surface area contributed by atoms with Crippen LogP contribution < -0.4 is 4.74 Å². The fraction of sp³-hybridized carbons (Fsp3) is 0.138. The fourth-order valence-corrected chi connectivity index (χ4v) is 4.96. The van der Waals surface area contributed by atoms with Gasteiger partial charge in [-0.15, -0.1) is 0 Å². The lowest BCUT2D eigenvalue weighted by molar-refractivity contribution is -0.136. The van der Waals surface area contributed by atoms with Crippen molar-refractivity contribution < 1.29 is 14.6 Å². The van der Waals surface area contributed by atoms with E-state index in [0.29, 0.717) is 6.42 Å². The standard InChI is InChI=1S/C29H23NO3/c31-29(32)15-12-19-6-5-9-22(16-19)30-25-14-13-20-7-1-3-10-23(20)24(25)18-26(30)28-17-21-8-2-4-11-27(21)33-28/h1-11,13-14,16,18,28H,12,15,17H2,(H,31,32). The van der Waals surface area contributed by atoms with Gasteiger partial charge in [0, 0.05) is 23.9 Å². The van der Waals surface area contributed by atoms with Crippen LogP contribution in [0, 0.1) is 0 Å². The lowest BCUT2D eigenvalue weighted by Crippen LogP contribution is -2.10. The Hall–Kier alpha value is -4.05. The quantitative estimate of drug-likeness (QED) is 0.345. The third-order valence-corrected chi connectivity index (χ3v) is 6.51. The molecule has 1 aromatic heterocycles. The zero-order chi connectivity index (χ0) is 22.4. The molecule has 0 radical (unpaired) electrons. The second-order valence-corrected chi connectivity index (χ2v) is 8.61. The third-order valence-electron chi connectivity index (χ3n) is 6.51. The molecular formula is C29H23NO3. The molecule has 0 amide bonds. The zero-order valence-corrected chi connectivity index (χ0v) is 18.1. The number of ether oxygens (including phenoxy) is 1. The number of fused-ring (bicyclic) bond motifs is 4. The highest BCUT2D eigenvalue weighted by molar-refractivity contribution is 6.07. The number of para-hydroxylation sites is 1. The van der Waals surface area contributed by atoms with E-state index in [9.17, 15) is 4.79 Å². The molecule has 4 heteroatoms. The molecule has 0 fully saturated rings. The van der Waals surface area contributed by atoms with Crippen molar-refractivity contribution in [1.29, 1.82) is 0 Å². The first-order valence-electron chi connectivity index (χ1n) is 11.3. The van der Waals surface area contributed by atoms with Crippen molar-refractivity contribution in [3.63, 3.8) is 0 Å². The van der Waals surface area contributed by atoms with E-state index in [0.717, 1.165) is 34.6 Å². The highest BCUT2D eigenvalue weighted by Crippen LogP contribution is 2.40. The van der Waals surface area contributed by atoms with Gasteiger partial charge in [-0.25, -0.2) is 0 Å². The van der Waals surface area contributed by atoms with Gasteiger partial charge < -0.3 is 14.4 Å². The van der Waals surface area contributed by atoms with Gasteiger partial charge in [-0.2, -0.15) is 0 Å². The third kappa shape index (κ3) is 3.44. The highest BCUT2D eigenvalue weighted by Gasteiger charge is 2.28. The maximum Gasteiger partial charge on any atom is 0.303 e. The number of carbonyl (C=O) groups is 1. The topological polar surface area (TPSA) is 51.5 Å². The first-order chi connectivity index (χ1) is 16.2. The average molecular weight is 434 g/mol. The number of carboxylic acids is 1. The maximum atomic E-state index is 11.1. The maximum absolute atomic E-state index is 11.1. The summed E-state index contributed by atoms with van der Waals surface area (Å²) in [5, 5.41) is 12.7. The zero-order valence-electron chi connectivity index (χ0n) is 18.1. The second kappa shape index (κ2) is 7.82. The van der Waals surface area contributed by atoms with E-state index >= 15 is 0 Å². The van der Waals surface area contributed by atoms with Crippen LogP contribution in [0.15, 0.2) is 91.0 Å². The predicted molar refractivity (Wildman–Crippen MR) is 130 cm³/mol. The molecular weight excluding hydrogens is 410 g/mol. The van der Waals surface area contributed by atoms with Gasteiger partial charge in [0.05, 0.1) is 11.2 Å². The summed E-state index contributed by atoms with van der Waals surface area (Å²) in [6.45, 7) is 0. The van der Waals surface area contributed by atoms with E-state index in [4.69, 9.17) is 9.84 Å². The van der Waals surface area contributed by atoms with Crippen LogP contribution in [0.3, 0.4) is 0 Å². The molecule has 1 aliphatic rings. The largest absolute Gasteiger partial charge is 0.484 e. The van der Waals surface area contributed by atoms with E-state index < -0.39 is 5.97 Å². The summed E-state index contributed by atoms with van der Waals surface area (Å²) in [6, 6.07) is 31.5. The molecule has 4 nitrogen and oxygen atoms in total. The van der Waals surface area contributed by atoms with Gasteiger partial charge in [0.25, 0.3) is 0 Å². The summed E-state index contributed by atoms with van der Waals surface area (Å²) >= 11 is 0. The predicted octanol–water partition coefficient (Wildman–Crippen LogP) is 6.48. The number of rotatable bonds is 5. The molecule has 0 spiro atoms. The number of aliphatic carboxylic acids is 1. The molecule has 1 unspecified atom stereocenters. The van der Waals surface area contributed by atoms with Crippen molar-refractivity contribution in [3.05, 3.63) is 108 Å². The van der Waals surface area contributed by atoms with Gasteiger partial charge in [-0.3, -0.25) is 4.79 Å². The van der Waals surface area contributed by atoms with Gasteiger partial charge in [0.15, 0.2) is 0 Å². The Balaban J connectivity index is 1.54. The molecule has 0 saturated carbocycles. The number of hydrogen-bond donors (Lipinski definition) is 1. The van der Waals surface area contributed by atoms with Gasteiger partial charge >= 0.3 is 5.97 Å². The minimum absolute atomic E-state index is 0.0868. The number of aryl methyl sites for hydroxylation is 1. The molecule has 5 aromatic rings. The summed E-state index contributed by atoms with van der Waals surface area (Å²) in [5.74, 6) is 0.162. The summed E-state index contributed by atoms with van der Waals surface area (Å²) < 4.78 is 8.69. The average Bonchev–Trinajstić information content (AvgIpc) is 3.44. The van der Waals surface area contributed by atoms with E-state index in [-0.39, 0.29) is 12.5 Å². The summed E-state index contributed by atoms with van der Waals surface area (Å²) in [4.78, 5) is 11.1. The highest BCUT2D eigenvalue weighted by atomic mass is 16.5. The first kappa shape index (κ1) is 19.6. The molecule has 0 saturated heterocycles. The summed E-state index contributed by atoms with van der Waals surface area (Å²) in [6.07, 6.45) is 1.36. The Morgan fingerprint density at radius 2 is 1.76 bits per heavy atom. The van der Waals surface area contributed by atoms with Gasteiger partial charge in [0.2, 0.25) is 0 Å². The normalized spacial score (nSPS) is 15.0. The van der Waals surface area contributed by atoms with Crippen LogP contribution in [-0.2, 0) is 17.6 Å². The minimum atomic E-state index is -0.781. The Morgan fingerprint density at radius 3 is 2.64 bits per heavy atom. The minimum Gasteiger partial charge on any atom is -0.484 e. The first-order valence-corrected chi connectivity index (χ1v) is 11.3. The van der Waals surface area contributed by atoms with Gasteiger partial charge in [-0.05, 0) is 58.7 Å². The number of carboxylic acid groups (broad SMARTS) is 1. The fourth-order valence-electron chi connectivity index (χ4n) is 4.96. The lowest BCUT2D eigenvalue weighted by atomic mass is 10.1. The van der Waals surface area contributed by atoms with Crippen LogP contribution in [0.2, 0.25) is 0 Å². The Kier molecular flexibility index (Phi) is 4.65. The number of hydrogen-bond acceptors (Lipinski definition) is 2. The smallest absolute Gasteiger partial charge is 0.303 e. The van der Waals surface area contributed by atoms with Crippen LogP contribution in [0.4, 0.5) is 0 Å². The molecule has 1 aliphatic heterocycles. The summed E-state index contributed by atoms with van der Waals surface area (Å²) in [5.41, 5.74) is 5.49. The van der Waals surface area contributed by atoms with Crippen molar-refractivity contribution in [3.8, 4) is 11.4 Å². The van der Waals surface area contributed by atoms with Crippen molar-refractivity contribution in [1.82, 2.24) is 4.57 Å². The monoisotopic (exact) mass is 433 g/mol. The molecule has 4 aromatic carbocycles. The van der Waals surface area contributed by atoms with E-state index in [1.807, 2.05) is 24.3 Å². The summed E-state index contributed by atoms with van der Waals surface area (Å²) in [7, 11) is 0. The number of aromatic nitrogens is 1. The van der Waals surface area contributed by atoms with Crippen molar-refractivity contribution >= 4 is 27.6 Å². The van der Waals surface area contributed by atoms with E-state index in [1.165, 1.54) is 21.7 Å². The Labute approximate surface area is 191 Å². The Bertz CT molecular complexity index is 1490. The molecule has 1 N–H and O–H groups in total. The van der Waals surface area contributed by atoms with Crippen molar-refractivity contribution in [2.75, 3.05) is 0 Å². The SMILES string of the molecule is O=C(O)CCc1cccc(-n2c(C3Cc4ccccc4O3)cc3c4ccccc4ccc32)c1. The van der Waals surface area contributed by atoms with E-state index in [2.05, 4.69) is 71.3 Å². The molecule has 33 heavy (non-hydrogen) atoms. The number of benzene rings is 4. The second-order valence-electron chi connectivity index (χ2n) is 8.61. The van der Waals surface area contributed by atoms with Crippen molar-refractivity contribution in [2.24, 2.45) is 0 Å². The molecule has 2 heterocycles. The van der Waals surface area contributed by atoms with Crippen molar-refractivity contribution in [2.45, 2.75) is 25.4 Å². The van der Waals surface area contributed by atoms with Crippen LogP contribution in [0.25, 0.3) is 27.4 Å². The van der Waals surface area contributed by atoms with Crippen LogP contribution in [0.5, 0.6) is 5.75 Å². The Morgan fingerprint density at radius 1 is 0.909 bits per heavy atom. The van der Waals surface area contributed by atoms with Crippen LogP contribution in [0.1, 0.15) is 29.3 Å². The van der Waals surface area contributed by atoms with Gasteiger partial charge in [-0.1, -0.05) is 60.7 Å². The molecule has 0 aliphatic carbocycles. The van der Waals surface area contributed by atoms with Crippen LogP contribution in [-0.4, -0.2) is 15.6 Å². The van der Waals surface area contributed by atoms with Crippen LogP contribution >= 0.6 is 0 Å². The number of nitrogens with zero attached hydrogens (tertiary/aromatic N) is 1. The van der Waals surface area contributed by atoms with E-state index in [1.54, 1.807) is 0 Å². The molecule has 0 bridgehead atoms. The molecule has 6 rings (SSSR count). The lowest BCUT2D eigenvalue weighted by Gasteiger charge is -2.17. The van der Waals surface area contributed by atoms with Gasteiger partial charge in [0.1, 0.15) is 11.9 Å². The molecule has 1 atom stereocenters.